The van der Waals surface area contributed by atoms with Crippen molar-refractivity contribution in [3.05, 3.63) is 11.6 Å². The molecule has 29 heavy (non-hydrogen) atoms. The minimum Gasteiger partial charge on any atom is -0.451 e. The molecule has 5 heteroatoms. The third-order valence-electron chi connectivity index (χ3n) is 9.02. The zero-order valence-electron chi connectivity index (χ0n) is 17.8. The van der Waals surface area contributed by atoms with Crippen LogP contribution in [0.1, 0.15) is 78.6 Å². The lowest BCUT2D eigenvalue weighted by atomic mass is 9.42. The molecule has 0 unspecified atom stereocenters. The Morgan fingerprint density at radius 2 is 1.83 bits per heavy atom. The summed E-state index contributed by atoms with van der Waals surface area (Å²) >= 11 is 0. The molecule has 0 amide bonds. The van der Waals surface area contributed by atoms with Gasteiger partial charge in [-0.25, -0.2) is 0 Å². The van der Waals surface area contributed by atoms with Crippen molar-refractivity contribution in [2.24, 2.45) is 28.6 Å². The molecule has 0 heterocycles. The number of esters is 1. The highest BCUT2D eigenvalue weighted by atomic mass is 16.6. The van der Waals surface area contributed by atoms with E-state index in [-0.39, 0.29) is 23.4 Å². The first-order valence-electron chi connectivity index (χ1n) is 11.1. The molecule has 0 radical (unpaired) electrons. The van der Waals surface area contributed by atoms with Gasteiger partial charge in [0.05, 0.1) is 5.41 Å². The van der Waals surface area contributed by atoms with Crippen molar-refractivity contribution in [3.8, 4) is 0 Å². The highest BCUT2D eigenvalue weighted by Gasteiger charge is 2.66. The molecule has 4 aliphatic rings. The minimum atomic E-state index is -1.06. The molecule has 0 N–H and O–H groups in total. The molecule has 3 saturated carbocycles. The number of hydrogen-bond acceptors (Lipinski definition) is 5. The SMILES string of the molecule is CC(=O)O[C@]1(C(C)=O)CCC[C@H]2[C@@H]3CCC4=CC(=O)CC[C@]4(C=O)[C@H]3CC[C@@]21C. The van der Waals surface area contributed by atoms with E-state index in [0.717, 1.165) is 50.4 Å². The van der Waals surface area contributed by atoms with Gasteiger partial charge in [-0.1, -0.05) is 12.5 Å². The fourth-order valence-electron chi connectivity index (χ4n) is 7.77. The summed E-state index contributed by atoms with van der Waals surface area (Å²) in [5.41, 5.74) is -0.947. The maximum absolute atomic E-state index is 12.9. The number of fused-ring (bicyclic) bond motifs is 5. The Morgan fingerprint density at radius 3 is 2.48 bits per heavy atom. The monoisotopic (exact) mass is 400 g/mol. The van der Waals surface area contributed by atoms with Gasteiger partial charge in [-0.15, -0.1) is 0 Å². The molecule has 0 aromatic carbocycles. The van der Waals surface area contributed by atoms with E-state index in [2.05, 4.69) is 6.92 Å². The lowest BCUT2D eigenvalue weighted by Crippen LogP contribution is -2.65. The molecule has 4 aliphatic carbocycles. The molecule has 0 aromatic rings. The minimum absolute atomic E-state index is 0.0527. The second-order valence-electron chi connectivity index (χ2n) is 10.0. The van der Waals surface area contributed by atoms with Crippen LogP contribution in [0.5, 0.6) is 0 Å². The molecule has 0 aromatic heterocycles. The number of hydrogen-bond donors (Lipinski definition) is 0. The number of ether oxygens (including phenoxy) is 1. The van der Waals surface area contributed by atoms with Crippen molar-refractivity contribution < 1.29 is 23.9 Å². The van der Waals surface area contributed by atoms with E-state index in [1.807, 2.05) is 0 Å². The summed E-state index contributed by atoms with van der Waals surface area (Å²) in [5, 5.41) is 0. The van der Waals surface area contributed by atoms with Crippen LogP contribution in [-0.4, -0.2) is 29.4 Å². The Morgan fingerprint density at radius 1 is 1.07 bits per heavy atom. The number of rotatable bonds is 3. The molecule has 0 saturated heterocycles. The first-order chi connectivity index (χ1) is 13.7. The summed E-state index contributed by atoms with van der Waals surface area (Å²) in [5.74, 6) is 0.468. The average Bonchev–Trinajstić information content (AvgIpc) is 2.67. The van der Waals surface area contributed by atoms with Crippen molar-refractivity contribution in [2.45, 2.75) is 84.2 Å². The number of allylic oxidation sites excluding steroid dienone is 2. The van der Waals surface area contributed by atoms with Gasteiger partial charge in [-0.05, 0) is 82.1 Å². The van der Waals surface area contributed by atoms with E-state index in [1.54, 1.807) is 13.0 Å². The van der Waals surface area contributed by atoms with Crippen LogP contribution in [0, 0.1) is 28.6 Å². The van der Waals surface area contributed by atoms with Crippen LogP contribution in [0.3, 0.4) is 0 Å². The van der Waals surface area contributed by atoms with E-state index >= 15 is 0 Å². The predicted molar refractivity (Wildman–Crippen MR) is 107 cm³/mol. The van der Waals surface area contributed by atoms with Crippen LogP contribution in [0.25, 0.3) is 0 Å². The summed E-state index contributed by atoms with van der Waals surface area (Å²) in [7, 11) is 0. The van der Waals surface area contributed by atoms with Gasteiger partial charge in [-0.3, -0.25) is 14.4 Å². The van der Waals surface area contributed by atoms with Gasteiger partial charge in [0.1, 0.15) is 6.29 Å². The third-order valence-corrected chi connectivity index (χ3v) is 9.02. The van der Waals surface area contributed by atoms with Crippen LogP contribution in [0.2, 0.25) is 0 Å². The normalized spacial score (nSPS) is 43.9. The number of aldehydes is 1. The first-order valence-corrected chi connectivity index (χ1v) is 11.1. The van der Waals surface area contributed by atoms with Crippen molar-refractivity contribution in [1.29, 1.82) is 0 Å². The Balaban J connectivity index is 1.75. The van der Waals surface area contributed by atoms with Gasteiger partial charge in [-0.2, -0.15) is 0 Å². The smallest absolute Gasteiger partial charge is 0.303 e. The van der Waals surface area contributed by atoms with Crippen LogP contribution in [-0.2, 0) is 23.9 Å². The zero-order valence-corrected chi connectivity index (χ0v) is 17.8. The summed E-state index contributed by atoms with van der Waals surface area (Å²) in [6.45, 7) is 5.09. The van der Waals surface area contributed by atoms with Crippen molar-refractivity contribution in [1.82, 2.24) is 0 Å². The highest BCUT2D eigenvalue weighted by Crippen LogP contribution is 2.66. The third kappa shape index (κ3) is 2.72. The Hall–Kier alpha value is -1.78. The van der Waals surface area contributed by atoms with Crippen LogP contribution < -0.4 is 0 Å². The van der Waals surface area contributed by atoms with Crippen LogP contribution >= 0.6 is 0 Å². The number of carbonyl (C=O) groups is 4. The molecule has 5 nitrogen and oxygen atoms in total. The van der Waals surface area contributed by atoms with E-state index in [0.29, 0.717) is 25.2 Å². The molecule has 4 rings (SSSR count). The maximum atomic E-state index is 12.9. The summed E-state index contributed by atoms with van der Waals surface area (Å²) in [4.78, 5) is 49.3. The van der Waals surface area contributed by atoms with Crippen LogP contribution in [0.15, 0.2) is 11.6 Å². The molecular weight excluding hydrogens is 368 g/mol. The maximum Gasteiger partial charge on any atom is 0.303 e. The number of ketones is 2. The van der Waals surface area contributed by atoms with Gasteiger partial charge in [0.2, 0.25) is 0 Å². The molecule has 0 bridgehead atoms. The molecule has 6 atom stereocenters. The van der Waals surface area contributed by atoms with Crippen molar-refractivity contribution >= 4 is 23.8 Å². The molecular formula is C24H32O5. The Labute approximate surface area is 172 Å². The lowest BCUT2D eigenvalue weighted by molar-refractivity contribution is -0.213. The summed E-state index contributed by atoms with van der Waals surface area (Å²) < 4.78 is 5.85. The standard InChI is InChI=1S/C24H32O5/c1-15(26)24(29-16(2)27)10-4-5-20-19-7-6-17-13-18(28)8-12-23(17,14-25)21(19)9-11-22(20,24)3/h13-14,19-21H,4-12H2,1-3H3/t19-,20-,21-,22-,23+,24-/m0/s1. The number of Topliss-reactive ketones (excluding diaryl/α,β-unsaturated/α-hetero) is 1. The summed E-state index contributed by atoms with van der Waals surface area (Å²) in [6.07, 6.45) is 9.68. The van der Waals surface area contributed by atoms with Gasteiger partial charge in [0.15, 0.2) is 17.2 Å². The van der Waals surface area contributed by atoms with E-state index in [9.17, 15) is 19.2 Å². The van der Waals surface area contributed by atoms with Crippen molar-refractivity contribution in [3.63, 3.8) is 0 Å². The quantitative estimate of drug-likeness (QED) is 0.529. The van der Waals surface area contributed by atoms with Crippen molar-refractivity contribution in [2.75, 3.05) is 0 Å². The second-order valence-corrected chi connectivity index (χ2v) is 10.0. The topological polar surface area (TPSA) is 77.5 Å². The predicted octanol–water partition coefficient (Wildman–Crippen LogP) is 3.98. The Kier molecular flexibility index (Phi) is 4.86. The van der Waals surface area contributed by atoms with E-state index < -0.39 is 22.4 Å². The zero-order chi connectivity index (χ0) is 21.0. The molecule has 0 aliphatic heterocycles. The molecule has 158 valence electrons. The summed E-state index contributed by atoms with van der Waals surface area (Å²) in [6, 6.07) is 0. The number of carbonyl (C=O) groups excluding carboxylic acids is 4. The van der Waals surface area contributed by atoms with Gasteiger partial charge >= 0.3 is 5.97 Å². The van der Waals surface area contributed by atoms with Gasteiger partial charge < -0.3 is 9.53 Å². The molecule has 0 spiro atoms. The first kappa shape index (κ1) is 20.5. The highest BCUT2D eigenvalue weighted by molar-refractivity contribution is 5.93. The Bertz CT molecular complexity index is 797. The second kappa shape index (κ2) is 6.88. The average molecular weight is 401 g/mol. The largest absolute Gasteiger partial charge is 0.451 e. The van der Waals surface area contributed by atoms with Crippen LogP contribution in [0.4, 0.5) is 0 Å². The van der Waals surface area contributed by atoms with Gasteiger partial charge in [0, 0.05) is 18.8 Å². The van der Waals surface area contributed by atoms with Gasteiger partial charge in [0.25, 0.3) is 0 Å². The lowest BCUT2D eigenvalue weighted by Gasteiger charge is -2.63. The molecule has 3 fully saturated rings. The fraction of sp³-hybridized carbons (Fsp3) is 0.750. The van der Waals surface area contributed by atoms with E-state index in [1.165, 1.54) is 6.92 Å². The van der Waals surface area contributed by atoms with E-state index in [4.69, 9.17) is 4.74 Å². The fourth-order valence-corrected chi connectivity index (χ4v) is 7.77.